The summed E-state index contributed by atoms with van der Waals surface area (Å²) in [6.07, 6.45) is 0. The molecule has 0 fully saturated rings. The molecule has 2 N–H and O–H groups in total. The van der Waals surface area contributed by atoms with E-state index in [1.165, 1.54) is 0 Å². The molecule has 146 valence electrons. The van der Waals surface area contributed by atoms with E-state index in [4.69, 9.17) is 4.74 Å². The van der Waals surface area contributed by atoms with E-state index in [2.05, 4.69) is 15.6 Å². The number of amides is 2. The van der Waals surface area contributed by atoms with Gasteiger partial charge in [-0.05, 0) is 49.2 Å². The molecule has 0 unspecified atom stereocenters. The summed E-state index contributed by atoms with van der Waals surface area (Å²) in [6.45, 7) is 5.73. The highest BCUT2D eigenvalue weighted by atomic mass is 32.1. The lowest BCUT2D eigenvalue weighted by molar-refractivity contribution is -0.146. The summed E-state index contributed by atoms with van der Waals surface area (Å²) in [7, 11) is 0. The summed E-state index contributed by atoms with van der Waals surface area (Å²) < 4.78 is 6.16. The minimum atomic E-state index is -0.693. The van der Waals surface area contributed by atoms with Crippen molar-refractivity contribution >= 4 is 39.2 Å². The Bertz CT molecular complexity index is 933. The highest BCUT2D eigenvalue weighted by Gasteiger charge is 2.25. The largest absolute Gasteiger partial charge is 0.464 e. The van der Waals surface area contributed by atoms with Crippen LogP contribution >= 0.6 is 11.3 Å². The molecule has 1 aromatic heterocycles. The van der Waals surface area contributed by atoms with Crippen LogP contribution in [0.4, 0.5) is 10.5 Å². The Morgan fingerprint density at radius 1 is 1.11 bits per heavy atom. The Kier molecular flexibility index (Phi) is 6.26. The van der Waals surface area contributed by atoms with Crippen LogP contribution < -0.4 is 10.6 Å². The third-order valence-electron chi connectivity index (χ3n) is 4.18. The summed E-state index contributed by atoms with van der Waals surface area (Å²) in [5.74, 6) is -0.509. The molecule has 1 atom stereocenters. The molecule has 2 amide bonds. The van der Waals surface area contributed by atoms with Crippen molar-refractivity contribution < 1.29 is 14.3 Å². The monoisotopic (exact) mass is 397 g/mol. The number of carbonyl (C=O) groups excluding carboxylic acids is 2. The molecule has 28 heavy (non-hydrogen) atoms. The minimum absolute atomic E-state index is 0.0776. The number of nitrogens with one attached hydrogen (secondary N) is 2. The zero-order valence-corrected chi connectivity index (χ0v) is 16.9. The molecule has 3 rings (SSSR count). The van der Waals surface area contributed by atoms with Crippen molar-refractivity contribution in [1.82, 2.24) is 10.3 Å². The van der Waals surface area contributed by atoms with Gasteiger partial charge in [-0.3, -0.25) is 0 Å². The van der Waals surface area contributed by atoms with Crippen molar-refractivity contribution in [2.75, 3.05) is 11.9 Å². The molecule has 0 aliphatic rings. The fourth-order valence-electron chi connectivity index (χ4n) is 2.73. The van der Waals surface area contributed by atoms with Gasteiger partial charge in [-0.1, -0.05) is 26.0 Å². The number of hydrogen-bond acceptors (Lipinski definition) is 5. The number of esters is 1. The Hall–Kier alpha value is -2.93. The number of thiazole rings is 1. The van der Waals surface area contributed by atoms with Crippen molar-refractivity contribution in [2.24, 2.45) is 5.92 Å². The predicted molar refractivity (Wildman–Crippen MR) is 112 cm³/mol. The fourth-order valence-corrected chi connectivity index (χ4v) is 3.70. The Balaban J connectivity index is 1.66. The van der Waals surface area contributed by atoms with Crippen molar-refractivity contribution in [3.05, 3.63) is 48.5 Å². The lowest BCUT2D eigenvalue weighted by atomic mass is 10.1. The van der Waals surface area contributed by atoms with Gasteiger partial charge in [0.1, 0.15) is 11.0 Å². The quantitative estimate of drug-likeness (QED) is 0.592. The van der Waals surface area contributed by atoms with Gasteiger partial charge in [0.25, 0.3) is 0 Å². The van der Waals surface area contributed by atoms with Crippen LogP contribution in [0.1, 0.15) is 20.8 Å². The summed E-state index contributed by atoms with van der Waals surface area (Å²) in [5, 5.41) is 6.36. The topological polar surface area (TPSA) is 80.3 Å². The summed E-state index contributed by atoms with van der Waals surface area (Å²) in [4.78, 5) is 28.9. The number of urea groups is 1. The van der Waals surface area contributed by atoms with Crippen LogP contribution in [0.3, 0.4) is 0 Å². The van der Waals surface area contributed by atoms with E-state index >= 15 is 0 Å². The van der Waals surface area contributed by atoms with Crippen LogP contribution in [-0.2, 0) is 9.53 Å². The molecule has 0 saturated heterocycles. The Morgan fingerprint density at radius 2 is 1.82 bits per heavy atom. The second-order valence-corrected chi connectivity index (χ2v) is 7.67. The Morgan fingerprint density at radius 3 is 2.46 bits per heavy atom. The number of hydrogen-bond donors (Lipinski definition) is 2. The average molecular weight is 398 g/mol. The van der Waals surface area contributed by atoms with Gasteiger partial charge in [-0.15, -0.1) is 11.3 Å². The highest BCUT2D eigenvalue weighted by molar-refractivity contribution is 7.21. The zero-order valence-electron chi connectivity index (χ0n) is 16.1. The summed E-state index contributed by atoms with van der Waals surface area (Å²) in [6, 6.07) is 14.3. The lowest BCUT2D eigenvalue weighted by Crippen LogP contribution is -2.47. The normalized spacial score (nSPS) is 12.0. The number of nitrogens with zero attached hydrogens (tertiary/aromatic N) is 1. The maximum Gasteiger partial charge on any atom is 0.328 e. The van der Waals surface area contributed by atoms with E-state index in [1.54, 1.807) is 18.3 Å². The van der Waals surface area contributed by atoms with Crippen LogP contribution in [0.25, 0.3) is 20.8 Å². The van der Waals surface area contributed by atoms with E-state index in [1.807, 2.05) is 62.4 Å². The van der Waals surface area contributed by atoms with Gasteiger partial charge in [-0.25, -0.2) is 14.6 Å². The highest BCUT2D eigenvalue weighted by Crippen LogP contribution is 2.30. The number of carbonyl (C=O) groups is 2. The first-order chi connectivity index (χ1) is 13.5. The van der Waals surface area contributed by atoms with Gasteiger partial charge in [0.15, 0.2) is 0 Å². The van der Waals surface area contributed by atoms with Crippen molar-refractivity contribution in [3.8, 4) is 10.6 Å². The van der Waals surface area contributed by atoms with E-state index in [-0.39, 0.29) is 12.5 Å². The molecule has 3 aromatic rings. The van der Waals surface area contributed by atoms with Gasteiger partial charge in [-0.2, -0.15) is 0 Å². The van der Waals surface area contributed by atoms with E-state index < -0.39 is 18.0 Å². The second kappa shape index (κ2) is 8.84. The molecule has 6 nitrogen and oxygen atoms in total. The van der Waals surface area contributed by atoms with Crippen LogP contribution in [-0.4, -0.2) is 29.6 Å². The molecular formula is C21H23N3O3S. The minimum Gasteiger partial charge on any atom is -0.464 e. The van der Waals surface area contributed by atoms with Gasteiger partial charge >= 0.3 is 12.0 Å². The van der Waals surface area contributed by atoms with E-state index in [0.717, 1.165) is 20.8 Å². The van der Waals surface area contributed by atoms with Gasteiger partial charge < -0.3 is 15.4 Å². The smallest absolute Gasteiger partial charge is 0.328 e. The van der Waals surface area contributed by atoms with Crippen LogP contribution in [0, 0.1) is 5.92 Å². The summed E-state index contributed by atoms with van der Waals surface area (Å²) in [5.41, 5.74) is 2.59. The average Bonchev–Trinajstić information content (AvgIpc) is 3.11. The standard InChI is InChI=1S/C21H23N3O3S/c1-4-27-20(25)18(13(2)3)24-21(26)22-15-11-9-14(10-12-15)19-23-16-7-5-6-8-17(16)28-19/h5-13,18H,4H2,1-3H3,(H2,22,24,26)/t18-/m1/s1. The van der Waals surface area contributed by atoms with Crippen LogP contribution in [0.5, 0.6) is 0 Å². The molecule has 0 aliphatic carbocycles. The molecule has 0 aliphatic heterocycles. The first kappa shape index (κ1) is 19.8. The van der Waals surface area contributed by atoms with Gasteiger partial charge in [0.05, 0.1) is 16.8 Å². The maximum atomic E-state index is 12.3. The first-order valence-electron chi connectivity index (χ1n) is 9.18. The maximum absolute atomic E-state index is 12.3. The number of aromatic nitrogens is 1. The van der Waals surface area contributed by atoms with Gasteiger partial charge in [0.2, 0.25) is 0 Å². The van der Waals surface area contributed by atoms with Gasteiger partial charge in [0, 0.05) is 11.3 Å². The van der Waals surface area contributed by atoms with E-state index in [9.17, 15) is 9.59 Å². The number of rotatable bonds is 6. The Labute approximate surface area is 167 Å². The SMILES string of the molecule is CCOC(=O)[C@H](NC(=O)Nc1ccc(-c2nc3ccccc3s2)cc1)C(C)C. The number of anilines is 1. The number of benzene rings is 2. The first-order valence-corrected chi connectivity index (χ1v) is 9.99. The molecule has 0 saturated carbocycles. The third kappa shape index (κ3) is 4.67. The van der Waals surface area contributed by atoms with Crippen LogP contribution in [0.15, 0.2) is 48.5 Å². The summed E-state index contributed by atoms with van der Waals surface area (Å²) >= 11 is 1.63. The number of fused-ring (bicyclic) bond motifs is 1. The number of para-hydroxylation sites is 1. The molecular weight excluding hydrogens is 374 g/mol. The molecule has 0 bridgehead atoms. The molecule has 0 radical (unpaired) electrons. The third-order valence-corrected chi connectivity index (χ3v) is 5.26. The fraction of sp³-hybridized carbons (Fsp3) is 0.286. The van der Waals surface area contributed by atoms with Crippen LogP contribution in [0.2, 0.25) is 0 Å². The second-order valence-electron chi connectivity index (χ2n) is 6.64. The van der Waals surface area contributed by atoms with E-state index in [0.29, 0.717) is 5.69 Å². The lowest BCUT2D eigenvalue weighted by Gasteiger charge is -2.20. The zero-order chi connectivity index (χ0) is 20.1. The predicted octanol–water partition coefficient (Wildman–Crippen LogP) is 4.67. The molecule has 0 spiro atoms. The van der Waals surface area contributed by atoms with Crippen molar-refractivity contribution in [2.45, 2.75) is 26.8 Å². The molecule has 7 heteroatoms. The number of ether oxygens (including phenoxy) is 1. The molecule has 1 heterocycles. The molecule has 2 aromatic carbocycles. The van der Waals surface area contributed by atoms with Crippen molar-refractivity contribution in [1.29, 1.82) is 0 Å². The van der Waals surface area contributed by atoms with Crippen molar-refractivity contribution in [3.63, 3.8) is 0 Å².